The molecule has 0 spiro atoms. The molecule has 0 saturated carbocycles. The Balaban J connectivity index is 1.47. The Kier molecular flexibility index (Phi) is 7.33. The minimum Gasteiger partial charge on any atom is -0.493 e. The van der Waals surface area contributed by atoms with E-state index in [1.807, 2.05) is 30.3 Å². The summed E-state index contributed by atoms with van der Waals surface area (Å²) in [5, 5.41) is 2.99. The predicted molar refractivity (Wildman–Crippen MR) is 116 cm³/mol. The van der Waals surface area contributed by atoms with Gasteiger partial charge in [-0.3, -0.25) is 9.59 Å². The number of nitrogens with one attached hydrogen (secondary N) is 1. The molecule has 6 heteroatoms. The van der Waals surface area contributed by atoms with Crippen molar-refractivity contribution < 1.29 is 19.1 Å². The summed E-state index contributed by atoms with van der Waals surface area (Å²) in [5.74, 6) is 1.08. The van der Waals surface area contributed by atoms with Gasteiger partial charge in [0.1, 0.15) is 0 Å². The zero-order valence-electron chi connectivity index (χ0n) is 17.9. The van der Waals surface area contributed by atoms with Crippen molar-refractivity contribution in [2.45, 2.75) is 26.2 Å². The second-order valence-electron chi connectivity index (χ2n) is 7.65. The van der Waals surface area contributed by atoms with Gasteiger partial charge in [0.15, 0.2) is 11.5 Å². The van der Waals surface area contributed by atoms with E-state index in [4.69, 9.17) is 9.47 Å². The number of likely N-dealkylation sites (tertiary alicyclic amines) is 1. The van der Waals surface area contributed by atoms with Crippen LogP contribution < -0.4 is 14.8 Å². The number of benzene rings is 2. The van der Waals surface area contributed by atoms with Gasteiger partial charge in [0.05, 0.1) is 20.1 Å². The molecule has 30 heavy (non-hydrogen) atoms. The lowest BCUT2D eigenvalue weighted by Gasteiger charge is -2.17. The first-order valence-corrected chi connectivity index (χ1v) is 10.3. The maximum absolute atomic E-state index is 12.5. The van der Waals surface area contributed by atoms with Crippen molar-refractivity contribution in [3.8, 4) is 11.5 Å². The summed E-state index contributed by atoms with van der Waals surface area (Å²) in [6.45, 7) is 3.72. The van der Waals surface area contributed by atoms with Crippen LogP contribution >= 0.6 is 0 Å². The van der Waals surface area contributed by atoms with E-state index in [-0.39, 0.29) is 24.2 Å². The molecular weight excluding hydrogens is 380 g/mol. The second kappa shape index (κ2) is 10.1. The minimum absolute atomic E-state index is 0.0365. The zero-order valence-corrected chi connectivity index (χ0v) is 17.9. The predicted octanol–water partition coefficient (Wildman–Crippen LogP) is 2.76. The molecule has 2 amide bonds. The number of ether oxygens (including phenoxy) is 2. The van der Waals surface area contributed by atoms with Crippen molar-refractivity contribution in [2.75, 3.05) is 33.9 Å². The van der Waals surface area contributed by atoms with Crippen LogP contribution in [0.3, 0.4) is 0 Å². The first-order valence-electron chi connectivity index (χ1n) is 10.3. The molecule has 1 atom stereocenters. The zero-order chi connectivity index (χ0) is 21.5. The van der Waals surface area contributed by atoms with E-state index in [1.165, 1.54) is 11.1 Å². The SMILES string of the molecule is COc1ccc(CCN2CC(C(=O)NCCc3ccccc3C)CC2=O)cc1OC. The average Bonchev–Trinajstić information content (AvgIpc) is 3.14. The van der Waals surface area contributed by atoms with E-state index in [0.29, 0.717) is 37.6 Å². The molecule has 1 unspecified atom stereocenters. The number of carbonyl (C=O) groups is 2. The van der Waals surface area contributed by atoms with E-state index in [0.717, 1.165) is 12.0 Å². The molecule has 3 rings (SSSR count). The Morgan fingerprint density at radius 1 is 1.10 bits per heavy atom. The summed E-state index contributed by atoms with van der Waals surface area (Å²) in [4.78, 5) is 26.7. The highest BCUT2D eigenvalue weighted by Crippen LogP contribution is 2.28. The smallest absolute Gasteiger partial charge is 0.225 e. The van der Waals surface area contributed by atoms with Crippen LogP contribution in [0, 0.1) is 12.8 Å². The number of nitrogens with zero attached hydrogens (tertiary/aromatic N) is 1. The molecule has 1 aliphatic rings. The maximum Gasteiger partial charge on any atom is 0.225 e. The summed E-state index contributed by atoms with van der Waals surface area (Å²) in [7, 11) is 3.21. The van der Waals surface area contributed by atoms with Gasteiger partial charge < -0.3 is 19.7 Å². The highest BCUT2D eigenvalue weighted by molar-refractivity contribution is 5.89. The van der Waals surface area contributed by atoms with Gasteiger partial charge in [-0.25, -0.2) is 0 Å². The van der Waals surface area contributed by atoms with E-state index in [9.17, 15) is 9.59 Å². The fourth-order valence-corrected chi connectivity index (χ4v) is 3.82. The second-order valence-corrected chi connectivity index (χ2v) is 7.65. The van der Waals surface area contributed by atoms with Gasteiger partial charge in [-0.05, 0) is 48.6 Å². The van der Waals surface area contributed by atoms with E-state index < -0.39 is 0 Å². The largest absolute Gasteiger partial charge is 0.493 e. The summed E-state index contributed by atoms with van der Waals surface area (Å²) in [6.07, 6.45) is 1.78. The van der Waals surface area contributed by atoms with Crippen molar-refractivity contribution in [2.24, 2.45) is 5.92 Å². The third-order valence-electron chi connectivity index (χ3n) is 5.66. The van der Waals surface area contributed by atoms with Crippen LogP contribution in [-0.2, 0) is 22.4 Å². The van der Waals surface area contributed by atoms with Gasteiger partial charge in [-0.2, -0.15) is 0 Å². The molecule has 2 aromatic rings. The Labute approximate surface area is 178 Å². The van der Waals surface area contributed by atoms with Crippen molar-refractivity contribution in [1.82, 2.24) is 10.2 Å². The molecule has 0 aliphatic carbocycles. The third kappa shape index (κ3) is 5.32. The number of amides is 2. The quantitative estimate of drug-likeness (QED) is 0.690. The Morgan fingerprint density at radius 3 is 2.60 bits per heavy atom. The Bertz CT molecular complexity index is 897. The van der Waals surface area contributed by atoms with Gasteiger partial charge in [0.25, 0.3) is 0 Å². The number of hydrogen-bond donors (Lipinski definition) is 1. The number of methoxy groups -OCH3 is 2. The van der Waals surface area contributed by atoms with Crippen LogP contribution in [0.15, 0.2) is 42.5 Å². The summed E-state index contributed by atoms with van der Waals surface area (Å²) >= 11 is 0. The Morgan fingerprint density at radius 2 is 1.87 bits per heavy atom. The van der Waals surface area contributed by atoms with Gasteiger partial charge in [0.2, 0.25) is 11.8 Å². The maximum atomic E-state index is 12.5. The molecule has 1 saturated heterocycles. The van der Waals surface area contributed by atoms with Crippen LogP contribution in [0.1, 0.15) is 23.1 Å². The summed E-state index contributed by atoms with van der Waals surface area (Å²) in [5.41, 5.74) is 3.52. The molecule has 1 aliphatic heterocycles. The van der Waals surface area contributed by atoms with Gasteiger partial charge >= 0.3 is 0 Å². The molecule has 2 aromatic carbocycles. The van der Waals surface area contributed by atoms with Crippen molar-refractivity contribution in [1.29, 1.82) is 0 Å². The van der Waals surface area contributed by atoms with Gasteiger partial charge in [0, 0.05) is 26.1 Å². The fourth-order valence-electron chi connectivity index (χ4n) is 3.82. The lowest BCUT2D eigenvalue weighted by molar-refractivity contribution is -0.129. The fraction of sp³-hybridized carbons (Fsp3) is 0.417. The van der Waals surface area contributed by atoms with Crippen LogP contribution in [0.5, 0.6) is 11.5 Å². The molecule has 160 valence electrons. The van der Waals surface area contributed by atoms with Crippen LogP contribution in [0.25, 0.3) is 0 Å². The normalized spacial score (nSPS) is 15.9. The number of carbonyl (C=O) groups excluding carboxylic acids is 2. The van der Waals surface area contributed by atoms with Gasteiger partial charge in [-0.1, -0.05) is 30.3 Å². The highest BCUT2D eigenvalue weighted by atomic mass is 16.5. The Hall–Kier alpha value is -3.02. The molecular formula is C24H30N2O4. The van der Waals surface area contributed by atoms with Crippen molar-refractivity contribution in [3.63, 3.8) is 0 Å². The molecule has 6 nitrogen and oxygen atoms in total. The topological polar surface area (TPSA) is 67.9 Å². The number of rotatable bonds is 9. The van der Waals surface area contributed by atoms with E-state index >= 15 is 0 Å². The van der Waals surface area contributed by atoms with Crippen molar-refractivity contribution >= 4 is 11.8 Å². The number of aryl methyl sites for hydroxylation is 1. The molecule has 1 N–H and O–H groups in total. The monoisotopic (exact) mass is 410 g/mol. The standard InChI is InChI=1S/C24H30N2O4/c1-17-6-4-5-7-19(17)10-12-25-24(28)20-15-23(27)26(16-20)13-11-18-8-9-21(29-2)22(14-18)30-3/h4-9,14,20H,10-13,15-16H2,1-3H3,(H,25,28). The lowest BCUT2D eigenvalue weighted by Crippen LogP contribution is -2.34. The summed E-state index contributed by atoms with van der Waals surface area (Å²) in [6, 6.07) is 13.9. The lowest BCUT2D eigenvalue weighted by atomic mass is 10.1. The first-order chi connectivity index (χ1) is 14.5. The van der Waals surface area contributed by atoms with Crippen molar-refractivity contribution in [3.05, 3.63) is 59.2 Å². The van der Waals surface area contributed by atoms with Crippen LogP contribution in [0.4, 0.5) is 0 Å². The first kappa shape index (κ1) is 21.7. The van der Waals surface area contributed by atoms with E-state index in [2.05, 4.69) is 24.4 Å². The highest BCUT2D eigenvalue weighted by Gasteiger charge is 2.33. The summed E-state index contributed by atoms with van der Waals surface area (Å²) < 4.78 is 10.6. The molecule has 0 aromatic heterocycles. The van der Waals surface area contributed by atoms with E-state index in [1.54, 1.807) is 19.1 Å². The molecule has 0 bridgehead atoms. The minimum atomic E-state index is -0.278. The average molecular weight is 411 g/mol. The molecule has 1 fully saturated rings. The van der Waals surface area contributed by atoms with Gasteiger partial charge in [-0.15, -0.1) is 0 Å². The van der Waals surface area contributed by atoms with Crippen LogP contribution in [-0.4, -0.2) is 50.6 Å². The molecule has 1 heterocycles. The molecule has 0 radical (unpaired) electrons. The third-order valence-corrected chi connectivity index (χ3v) is 5.66. The number of hydrogen-bond acceptors (Lipinski definition) is 4. The van der Waals surface area contributed by atoms with Crippen LogP contribution in [0.2, 0.25) is 0 Å².